The van der Waals surface area contributed by atoms with Crippen molar-refractivity contribution < 1.29 is 4.79 Å². The van der Waals surface area contributed by atoms with Crippen molar-refractivity contribution >= 4 is 5.91 Å². The van der Waals surface area contributed by atoms with Gasteiger partial charge >= 0.3 is 0 Å². The molecular weight excluding hydrogens is 262 g/mol. The summed E-state index contributed by atoms with van der Waals surface area (Å²) < 4.78 is 0. The molecule has 21 heavy (non-hydrogen) atoms. The first-order valence-electron chi connectivity index (χ1n) is 8.89. The van der Waals surface area contributed by atoms with E-state index in [1.54, 1.807) is 0 Å². The Bertz CT molecular complexity index is 282. The maximum atomic E-state index is 12.6. The fourth-order valence-electron chi connectivity index (χ4n) is 3.32. The third kappa shape index (κ3) is 6.35. The van der Waals surface area contributed by atoms with Crippen LogP contribution in [0.15, 0.2) is 0 Å². The van der Waals surface area contributed by atoms with Crippen molar-refractivity contribution in [3.8, 4) is 0 Å². The first-order valence-corrected chi connectivity index (χ1v) is 8.89. The van der Waals surface area contributed by atoms with Crippen molar-refractivity contribution in [2.24, 2.45) is 5.73 Å². The second-order valence-corrected chi connectivity index (χ2v) is 6.42. The molecule has 2 N–H and O–H groups in total. The molecule has 0 aromatic heterocycles. The van der Waals surface area contributed by atoms with E-state index in [-0.39, 0.29) is 0 Å². The molecule has 124 valence electrons. The lowest BCUT2D eigenvalue weighted by Crippen LogP contribution is -2.47. The van der Waals surface area contributed by atoms with E-state index in [1.807, 2.05) is 4.90 Å². The molecule has 0 unspecified atom stereocenters. The predicted octanol–water partition coefficient (Wildman–Crippen LogP) is 2.62. The molecule has 0 aromatic rings. The molecule has 4 heteroatoms. The number of nitrogens with two attached hydrogens (primary N) is 1. The van der Waals surface area contributed by atoms with Crippen LogP contribution in [0.3, 0.4) is 0 Å². The van der Waals surface area contributed by atoms with Gasteiger partial charge in [-0.05, 0) is 51.5 Å². The summed E-state index contributed by atoms with van der Waals surface area (Å²) in [5.41, 5.74) is 6.01. The van der Waals surface area contributed by atoms with Crippen molar-refractivity contribution in [1.29, 1.82) is 0 Å². The minimum absolute atomic E-state index is 0.307. The number of rotatable bonds is 9. The molecule has 1 amide bonds. The smallest absolute Gasteiger partial charge is 0.236 e. The third-order valence-corrected chi connectivity index (χ3v) is 4.45. The fourth-order valence-corrected chi connectivity index (χ4v) is 3.32. The van der Waals surface area contributed by atoms with Crippen LogP contribution in [0.1, 0.15) is 65.7 Å². The van der Waals surface area contributed by atoms with Crippen molar-refractivity contribution in [3.63, 3.8) is 0 Å². The number of nitrogens with zero attached hydrogens (tertiary/aromatic N) is 2. The first-order chi connectivity index (χ1) is 10.1. The summed E-state index contributed by atoms with van der Waals surface area (Å²) in [4.78, 5) is 17.0. The average molecular weight is 297 g/mol. The van der Waals surface area contributed by atoms with E-state index in [4.69, 9.17) is 5.73 Å². The summed E-state index contributed by atoms with van der Waals surface area (Å²) in [6, 6.07) is 0.927. The lowest BCUT2D eigenvalue weighted by atomic mass is 9.90. The van der Waals surface area contributed by atoms with Gasteiger partial charge in [-0.15, -0.1) is 0 Å². The van der Waals surface area contributed by atoms with Crippen molar-refractivity contribution in [2.45, 2.75) is 77.8 Å². The Morgan fingerprint density at radius 2 is 1.48 bits per heavy atom. The Morgan fingerprint density at radius 3 is 1.95 bits per heavy atom. The normalized spacial score (nSPS) is 22.5. The molecule has 1 aliphatic rings. The summed E-state index contributed by atoms with van der Waals surface area (Å²) in [5, 5.41) is 0. The van der Waals surface area contributed by atoms with E-state index in [1.165, 1.54) is 0 Å². The van der Waals surface area contributed by atoms with Crippen LogP contribution in [0, 0.1) is 0 Å². The van der Waals surface area contributed by atoms with E-state index in [9.17, 15) is 4.79 Å². The summed E-state index contributed by atoms with van der Waals surface area (Å²) in [7, 11) is 0. The van der Waals surface area contributed by atoms with Gasteiger partial charge in [0.15, 0.2) is 0 Å². The highest BCUT2D eigenvalue weighted by atomic mass is 16.2. The Balaban J connectivity index is 2.57. The summed E-state index contributed by atoms with van der Waals surface area (Å²) in [6.07, 6.45) is 7.69. The Morgan fingerprint density at radius 1 is 0.952 bits per heavy atom. The van der Waals surface area contributed by atoms with Crippen LogP contribution in [0.5, 0.6) is 0 Å². The quantitative estimate of drug-likeness (QED) is 0.712. The van der Waals surface area contributed by atoms with E-state index in [0.29, 0.717) is 24.5 Å². The largest absolute Gasteiger partial charge is 0.342 e. The maximum Gasteiger partial charge on any atom is 0.236 e. The maximum absolute atomic E-state index is 12.6. The minimum Gasteiger partial charge on any atom is -0.342 e. The zero-order valence-corrected chi connectivity index (χ0v) is 14.3. The summed E-state index contributed by atoms with van der Waals surface area (Å²) in [6.45, 7) is 9.88. The number of amides is 1. The van der Waals surface area contributed by atoms with Gasteiger partial charge in [0.1, 0.15) is 0 Å². The highest BCUT2D eigenvalue weighted by Gasteiger charge is 2.26. The van der Waals surface area contributed by atoms with E-state index < -0.39 is 0 Å². The molecule has 4 nitrogen and oxygen atoms in total. The highest BCUT2D eigenvalue weighted by Crippen LogP contribution is 2.22. The van der Waals surface area contributed by atoms with Gasteiger partial charge in [0, 0.05) is 25.2 Å². The Kier molecular flexibility index (Phi) is 8.93. The first kappa shape index (κ1) is 18.4. The Labute approximate surface area is 131 Å². The zero-order valence-electron chi connectivity index (χ0n) is 14.3. The summed E-state index contributed by atoms with van der Waals surface area (Å²) in [5.74, 6) is 0.307. The van der Waals surface area contributed by atoms with Gasteiger partial charge in [0.25, 0.3) is 0 Å². The van der Waals surface area contributed by atoms with Crippen LogP contribution in [-0.2, 0) is 4.79 Å². The number of hydrogen-bond donors (Lipinski definition) is 1. The van der Waals surface area contributed by atoms with Crippen molar-refractivity contribution in [1.82, 2.24) is 9.80 Å². The van der Waals surface area contributed by atoms with E-state index in [2.05, 4.69) is 25.7 Å². The molecule has 0 spiro atoms. The van der Waals surface area contributed by atoms with Crippen LogP contribution in [0.2, 0.25) is 0 Å². The molecule has 0 saturated heterocycles. The van der Waals surface area contributed by atoms with Gasteiger partial charge in [-0.2, -0.15) is 0 Å². The lowest BCUT2D eigenvalue weighted by molar-refractivity contribution is -0.133. The van der Waals surface area contributed by atoms with E-state index in [0.717, 1.165) is 64.6 Å². The van der Waals surface area contributed by atoms with Crippen LogP contribution in [0.4, 0.5) is 0 Å². The van der Waals surface area contributed by atoms with Gasteiger partial charge in [-0.3, -0.25) is 9.69 Å². The van der Waals surface area contributed by atoms with Crippen LogP contribution in [-0.4, -0.2) is 54.0 Å². The SMILES string of the molecule is CCCN(CCC)C(=O)CN(CCC)C1CCC(N)CC1. The molecule has 0 heterocycles. The zero-order chi connectivity index (χ0) is 15.7. The highest BCUT2D eigenvalue weighted by molar-refractivity contribution is 5.78. The monoisotopic (exact) mass is 297 g/mol. The fraction of sp³-hybridized carbons (Fsp3) is 0.941. The Hall–Kier alpha value is -0.610. The van der Waals surface area contributed by atoms with Gasteiger partial charge in [0.2, 0.25) is 5.91 Å². The lowest BCUT2D eigenvalue weighted by Gasteiger charge is -2.36. The average Bonchev–Trinajstić information content (AvgIpc) is 2.47. The minimum atomic E-state index is 0.307. The molecular formula is C17H35N3O. The van der Waals surface area contributed by atoms with Crippen LogP contribution < -0.4 is 5.73 Å². The van der Waals surface area contributed by atoms with Crippen LogP contribution >= 0.6 is 0 Å². The third-order valence-electron chi connectivity index (χ3n) is 4.45. The molecule has 1 saturated carbocycles. The van der Waals surface area contributed by atoms with Crippen molar-refractivity contribution in [3.05, 3.63) is 0 Å². The summed E-state index contributed by atoms with van der Waals surface area (Å²) >= 11 is 0. The van der Waals surface area contributed by atoms with Gasteiger partial charge in [-0.25, -0.2) is 0 Å². The number of carbonyl (C=O) groups is 1. The second-order valence-electron chi connectivity index (χ2n) is 6.42. The number of carbonyl (C=O) groups excluding carboxylic acids is 1. The molecule has 0 radical (unpaired) electrons. The van der Waals surface area contributed by atoms with Crippen LogP contribution in [0.25, 0.3) is 0 Å². The number of hydrogen-bond acceptors (Lipinski definition) is 3. The molecule has 0 aliphatic heterocycles. The molecule has 0 atom stereocenters. The molecule has 0 bridgehead atoms. The van der Waals surface area contributed by atoms with E-state index >= 15 is 0 Å². The standard InChI is InChI=1S/C17H35N3O/c1-4-11-19(12-5-2)17(21)14-20(13-6-3)16-9-7-15(18)8-10-16/h15-16H,4-14,18H2,1-3H3. The van der Waals surface area contributed by atoms with Gasteiger partial charge in [0.05, 0.1) is 6.54 Å². The molecule has 1 rings (SSSR count). The predicted molar refractivity (Wildman–Crippen MR) is 89.3 cm³/mol. The molecule has 1 aliphatic carbocycles. The van der Waals surface area contributed by atoms with Gasteiger partial charge in [-0.1, -0.05) is 20.8 Å². The molecule has 0 aromatic carbocycles. The topological polar surface area (TPSA) is 49.6 Å². The van der Waals surface area contributed by atoms with Crippen molar-refractivity contribution in [2.75, 3.05) is 26.2 Å². The molecule has 1 fully saturated rings. The second kappa shape index (κ2) is 10.2. The van der Waals surface area contributed by atoms with Gasteiger partial charge < -0.3 is 10.6 Å².